The number of aromatic nitrogens is 3. The average molecular weight is 372 g/mol. The molecule has 138 valence electrons. The first kappa shape index (κ1) is 17.4. The van der Waals surface area contributed by atoms with Crippen molar-refractivity contribution in [3.05, 3.63) is 78.6 Å². The van der Waals surface area contributed by atoms with Crippen molar-refractivity contribution in [3.63, 3.8) is 0 Å². The van der Waals surface area contributed by atoms with Crippen LogP contribution in [0, 0.1) is 0 Å². The first-order valence-corrected chi connectivity index (χ1v) is 8.54. The molecule has 2 heterocycles. The van der Waals surface area contributed by atoms with Crippen LogP contribution in [0.25, 0.3) is 22.8 Å². The van der Waals surface area contributed by atoms with Crippen LogP contribution in [0.2, 0.25) is 0 Å². The summed E-state index contributed by atoms with van der Waals surface area (Å²) in [4.78, 5) is 20.8. The number of anilines is 1. The van der Waals surface area contributed by atoms with Gasteiger partial charge in [-0.15, -0.1) is 0 Å². The average Bonchev–Trinajstić information content (AvgIpc) is 3.25. The van der Waals surface area contributed by atoms with Crippen LogP contribution in [0.3, 0.4) is 0 Å². The van der Waals surface area contributed by atoms with Gasteiger partial charge >= 0.3 is 0 Å². The summed E-state index contributed by atoms with van der Waals surface area (Å²) in [6.45, 7) is 0. The number of benzene rings is 2. The molecule has 0 aliphatic rings. The first-order chi connectivity index (χ1) is 13.7. The fourth-order valence-corrected chi connectivity index (χ4v) is 2.70. The Labute approximate surface area is 161 Å². The molecular formula is C21H16N4O3. The van der Waals surface area contributed by atoms with Crippen LogP contribution in [0.1, 0.15) is 10.5 Å². The number of pyridine rings is 1. The summed E-state index contributed by atoms with van der Waals surface area (Å²) in [5.74, 6) is 1.13. The highest BCUT2D eigenvalue weighted by Crippen LogP contribution is 2.29. The third-order valence-corrected chi connectivity index (χ3v) is 4.04. The second-order valence-electron chi connectivity index (χ2n) is 5.87. The van der Waals surface area contributed by atoms with Gasteiger partial charge in [-0.2, -0.15) is 4.98 Å². The third kappa shape index (κ3) is 3.59. The zero-order chi connectivity index (χ0) is 19.3. The number of rotatable bonds is 5. The van der Waals surface area contributed by atoms with E-state index in [1.54, 1.807) is 49.7 Å². The number of carbonyl (C=O) groups is 1. The molecule has 0 bridgehead atoms. The Morgan fingerprint density at radius 1 is 1.04 bits per heavy atom. The highest BCUT2D eigenvalue weighted by Gasteiger charge is 2.15. The van der Waals surface area contributed by atoms with Gasteiger partial charge in [-0.25, -0.2) is 0 Å². The Balaban J connectivity index is 1.58. The number of hydrogen-bond donors (Lipinski definition) is 1. The van der Waals surface area contributed by atoms with Crippen molar-refractivity contribution < 1.29 is 14.1 Å². The van der Waals surface area contributed by atoms with E-state index in [2.05, 4.69) is 20.4 Å². The van der Waals surface area contributed by atoms with Crippen LogP contribution in [0.5, 0.6) is 5.75 Å². The maximum Gasteiger partial charge on any atom is 0.274 e. The molecule has 0 fully saturated rings. The predicted octanol–water partition coefficient (Wildman–Crippen LogP) is 4.06. The van der Waals surface area contributed by atoms with Gasteiger partial charge in [0, 0.05) is 17.4 Å². The van der Waals surface area contributed by atoms with Gasteiger partial charge in [0.2, 0.25) is 5.82 Å². The summed E-state index contributed by atoms with van der Waals surface area (Å²) in [5.41, 5.74) is 2.36. The van der Waals surface area contributed by atoms with Gasteiger partial charge < -0.3 is 14.6 Å². The Hall–Kier alpha value is -4.00. The number of nitrogens with zero attached hydrogens (tertiary/aromatic N) is 3. The second-order valence-corrected chi connectivity index (χ2v) is 5.87. The fraction of sp³-hybridized carbons (Fsp3) is 0.0476. The lowest BCUT2D eigenvalue weighted by molar-refractivity contribution is 0.102. The molecule has 2 aromatic carbocycles. The number of carbonyl (C=O) groups excluding carboxylic acids is 1. The van der Waals surface area contributed by atoms with Gasteiger partial charge in [0.1, 0.15) is 11.4 Å². The van der Waals surface area contributed by atoms with E-state index < -0.39 is 0 Å². The van der Waals surface area contributed by atoms with E-state index in [9.17, 15) is 4.79 Å². The molecule has 0 saturated heterocycles. The van der Waals surface area contributed by atoms with Crippen molar-refractivity contribution in [1.82, 2.24) is 15.1 Å². The number of amides is 1. The molecule has 2 aromatic heterocycles. The zero-order valence-electron chi connectivity index (χ0n) is 15.0. The molecule has 28 heavy (non-hydrogen) atoms. The van der Waals surface area contributed by atoms with Crippen LogP contribution in [0.15, 0.2) is 77.4 Å². The normalized spacial score (nSPS) is 10.5. The van der Waals surface area contributed by atoms with Gasteiger partial charge in [-0.05, 0) is 42.5 Å². The molecule has 4 aromatic rings. The molecule has 0 unspecified atom stereocenters. The Morgan fingerprint density at radius 3 is 2.71 bits per heavy atom. The molecule has 0 aliphatic heterocycles. The van der Waals surface area contributed by atoms with E-state index >= 15 is 0 Å². The molecule has 1 N–H and O–H groups in total. The summed E-state index contributed by atoms with van der Waals surface area (Å²) in [5, 5.41) is 6.86. The van der Waals surface area contributed by atoms with Crippen molar-refractivity contribution >= 4 is 11.6 Å². The standard InChI is InChI=1S/C21H16N4O3/c1-27-18-11-3-2-9-16(18)19-24-21(28-25-19)14-7-6-8-15(13-14)23-20(26)17-10-4-5-12-22-17/h2-13H,1H3,(H,23,26). The molecular weight excluding hydrogens is 356 g/mol. The van der Waals surface area contributed by atoms with E-state index in [0.717, 1.165) is 5.56 Å². The van der Waals surface area contributed by atoms with E-state index in [-0.39, 0.29) is 5.91 Å². The SMILES string of the molecule is COc1ccccc1-c1noc(-c2cccc(NC(=O)c3ccccn3)c2)n1. The minimum absolute atomic E-state index is 0.294. The smallest absolute Gasteiger partial charge is 0.274 e. The molecule has 7 heteroatoms. The lowest BCUT2D eigenvalue weighted by Crippen LogP contribution is -2.13. The maximum atomic E-state index is 12.3. The molecule has 7 nitrogen and oxygen atoms in total. The topological polar surface area (TPSA) is 90.1 Å². The summed E-state index contributed by atoms with van der Waals surface area (Å²) < 4.78 is 10.8. The van der Waals surface area contributed by atoms with E-state index in [0.29, 0.717) is 34.4 Å². The van der Waals surface area contributed by atoms with Crippen LogP contribution >= 0.6 is 0 Å². The van der Waals surface area contributed by atoms with Crippen molar-refractivity contribution in [3.8, 4) is 28.6 Å². The second kappa shape index (κ2) is 7.71. The maximum absolute atomic E-state index is 12.3. The van der Waals surface area contributed by atoms with E-state index in [1.165, 1.54) is 0 Å². The van der Waals surface area contributed by atoms with Gasteiger partial charge in [0.05, 0.1) is 12.7 Å². The lowest BCUT2D eigenvalue weighted by atomic mass is 10.2. The number of para-hydroxylation sites is 1. The number of methoxy groups -OCH3 is 1. The Morgan fingerprint density at radius 2 is 1.89 bits per heavy atom. The van der Waals surface area contributed by atoms with Crippen molar-refractivity contribution in [2.75, 3.05) is 12.4 Å². The fourth-order valence-electron chi connectivity index (χ4n) is 2.70. The summed E-state index contributed by atoms with van der Waals surface area (Å²) in [6, 6.07) is 19.8. The molecule has 0 radical (unpaired) electrons. The third-order valence-electron chi connectivity index (χ3n) is 4.04. The van der Waals surface area contributed by atoms with Crippen LogP contribution in [0.4, 0.5) is 5.69 Å². The van der Waals surface area contributed by atoms with Gasteiger partial charge in [0.25, 0.3) is 11.8 Å². The monoisotopic (exact) mass is 372 g/mol. The summed E-state index contributed by atoms with van der Waals surface area (Å²) >= 11 is 0. The number of hydrogen-bond acceptors (Lipinski definition) is 6. The molecule has 1 amide bonds. The van der Waals surface area contributed by atoms with Crippen molar-refractivity contribution in [1.29, 1.82) is 0 Å². The quantitative estimate of drug-likeness (QED) is 0.568. The highest BCUT2D eigenvalue weighted by molar-refractivity contribution is 6.03. The molecule has 0 spiro atoms. The van der Waals surface area contributed by atoms with Gasteiger partial charge in [-0.1, -0.05) is 29.4 Å². The van der Waals surface area contributed by atoms with Crippen molar-refractivity contribution in [2.24, 2.45) is 0 Å². The molecule has 0 atom stereocenters. The van der Waals surface area contributed by atoms with E-state index in [4.69, 9.17) is 9.26 Å². The minimum Gasteiger partial charge on any atom is -0.496 e. The first-order valence-electron chi connectivity index (χ1n) is 8.54. The zero-order valence-corrected chi connectivity index (χ0v) is 15.0. The Bertz CT molecular complexity index is 1110. The largest absolute Gasteiger partial charge is 0.496 e. The summed E-state index contributed by atoms with van der Waals surface area (Å²) in [7, 11) is 1.59. The van der Waals surface area contributed by atoms with E-state index in [1.807, 2.05) is 30.3 Å². The predicted molar refractivity (Wildman–Crippen MR) is 104 cm³/mol. The van der Waals surface area contributed by atoms with Crippen LogP contribution < -0.4 is 10.1 Å². The van der Waals surface area contributed by atoms with Gasteiger partial charge in [-0.3, -0.25) is 9.78 Å². The number of ether oxygens (including phenoxy) is 1. The summed E-state index contributed by atoms with van der Waals surface area (Å²) in [6.07, 6.45) is 1.57. The molecule has 0 aliphatic carbocycles. The van der Waals surface area contributed by atoms with Crippen LogP contribution in [-0.2, 0) is 0 Å². The highest BCUT2D eigenvalue weighted by atomic mass is 16.5. The molecule has 0 saturated carbocycles. The van der Waals surface area contributed by atoms with Crippen LogP contribution in [-0.4, -0.2) is 28.1 Å². The number of nitrogens with one attached hydrogen (secondary N) is 1. The lowest BCUT2D eigenvalue weighted by Gasteiger charge is -2.05. The van der Waals surface area contributed by atoms with Gasteiger partial charge in [0.15, 0.2) is 0 Å². The van der Waals surface area contributed by atoms with Crippen molar-refractivity contribution in [2.45, 2.75) is 0 Å². The Kier molecular flexibility index (Phi) is 4.79. The minimum atomic E-state index is -0.294. The molecule has 4 rings (SSSR count).